The molecule has 2 atom stereocenters. The molecule has 1 aromatic heterocycles. The average molecular weight is 374 g/mol. The number of thiophene rings is 1. The lowest BCUT2D eigenvalue weighted by atomic mass is 9.75. The molecule has 0 aromatic carbocycles. The maximum absolute atomic E-state index is 6.15. The van der Waals surface area contributed by atoms with E-state index in [0.717, 1.165) is 38.6 Å². The summed E-state index contributed by atoms with van der Waals surface area (Å²) in [5.74, 6) is 0.792. The molecule has 2 aliphatic rings. The van der Waals surface area contributed by atoms with Gasteiger partial charge in [-0.05, 0) is 53.6 Å². The topological polar surface area (TPSA) is 30.5 Å². The molecule has 0 bridgehead atoms. The Morgan fingerprint density at radius 1 is 1.52 bits per heavy atom. The summed E-state index contributed by atoms with van der Waals surface area (Å²) < 4.78 is 12.5. The van der Waals surface area contributed by atoms with Gasteiger partial charge in [-0.2, -0.15) is 0 Å². The molecule has 0 radical (unpaired) electrons. The Bertz CT molecular complexity index is 463. The second-order valence-electron chi connectivity index (χ2n) is 6.32. The summed E-state index contributed by atoms with van der Waals surface area (Å²) in [6, 6.07) is 2.27. The molecule has 1 aliphatic carbocycles. The first-order valence-corrected chi connectivity index (χ1v) is 9.45. The summed E-state index contributed by atoms with van der Waals surface area (Å²) in [5.41, 5.74) is 0.263. The highest BCUT2D eigenvalue weighted by Gasteiger charge is 2.50. The van der Waals surface area contributed by atoms with Crippen molar-refractivity contribution in [3.63, 3.8) is 0 Å². The SMILES string of the molecule is COCCNCC1(Cc2cc(Br)cs2)CCOC1C1CC1. The lowest BCUT2D eigenvalue weighted by molar-refractivity contribution is 0.0303. The Hall–Kier alpha value is 0.0600. The molecule has 2 fully saturated rings. The van der Waals surface area contributed by atoms with Crippen LogP contribution in [0.15, 0.2) is 15.9 Å². The largest absolute Gasteiger partial charge is 0.383 e. The van der Waals surface area contributed by atoms with Crippen molar-refractivity contribution in [3.05, 3.63) is 20.8 Å². The van der Waals surface area contributed by atoms with Crippen molar-refractivity contribution in [1.82, 2.24) is 5.32 Å². The van der Waals surface area contributed by atoms with E-state index in [-0.39, 0.29) is 5.41 Å². The quantitative estimate of drug-likeness (QED) is 0.707. The van der Waals surface area contributed by atoms with Gasteiger partial charge in [-0.1, -0.05) is 0 Å². The highest BCUT2D eigenvalue weighted by atomic mass is 79.9. The van der Waals surface area contributed by atoms with Crippen molar-refractivity contribution in [2.45, 2.75) is 31.8 Å². The van der Waals surface area contributed by atoms with Crippen LogP contribution in [0.5, 0.6) is 0 Å². The van der Waals surface area contributed by atoms with Crippen LogP contribution in [-0.2, 0) is 15.9 Å². The van der Waals surface area contributed by atoms with Crippen LogP contribution in [0.25, 0.3) is 0 Å². The van der Waals surface area contributed by atoms with E-state index in [1.807, 2.05) is 11.3 Å². The minimum atomic E-state index is 0.263. The molecular weight excluding hydrogens is 350 g/mol. The third-order valence-corrected chi connectivity index (χ3v) is 6.36. The predicted octanol–water partition coefficient (Wildman–Crippen LogP) is 3.47. The number of hydrogen-bond acceptors (Lipinski definition) is 4. The van der Waals surface area contributed by atoms with E-state index < -0.39 is 0 Å². The number of hydrogen-bond donors (Lipinski definition) is 1. The van der Waals surface area contributed by atoms with Gasteiger partial charge in [0.25, 0.3) is 0 Å². The summed E-state index contributed by atoms with van der Waals surface area (Å²) in [6.45, 7) is 3.64. The van der Waals surface area contributed by atoms with Gasteiger partial charge in [0.1, 0.15) is 0 Å². The van der Waals surface area contributed by atoms with Gasteiger partial charge in [0.15, 0.2) is 0 Å². The van der Waals surface area contributed by atoms with Crippen molar-refractivity contribution >= 4 is 27.3 Å². The second-order valence-corrected chi connectivity index (χ2v) is 8.23. The van der Waals surface area contributed by atoms with Gasteiger partial charge in [-0.25, -0.2) is 0 Å². The standard InChI is InChI=1S/C16H24BrNO2S/c1-19-7-5-18-11-16(9-14-8-13(17)10-21-14)4-6-20-15(16)12-2-3-12/h8,10,12,15,18H,2-7,9,11H2,1H3. The third-order valence-electron chi connectivity index (χ3n) is 4.66. The Kier molecular flexibility index (Phi) is 5.38. The molecule has 3 nitrogen and oxygen atoms in total. The molecule has 1 saturated carbocycles. The number of nitrogens with one attached hydrogen (secondary N) is 1. The summed E-state index contributed by atoms with van der Waals surface area (Å²) in [6.07, 6.45) is 5.43. The summed E-state index contributed by atoms with van der Waals surface area (Å²) >= 11 is 5.43. The van der Waals surface area contributed by atoms with E-state index in [0.29, 0.717) is 6.10 Å². The highest BCUT2D eigenvalue weighted by molar-refractivity contribution is 9.10. The van der Waals surface area contributed by atoms with E-state index in [1.165, 1.54) is 28.6 Å². The molecule has 2 unspecified atom stereocenters. The molecule has 1 aliphatic heterocycles. The normalized spacial score (nSPS) is 29.1. The van der Waals surface area contributed by atoms with Gasteiger partial charge >= 0.3 is 0 Å². The molecule has 21 heavy (non-hydrogen) atoms. The van der Waals surface area contributed by atoms with E-state index in [2.05, 4.69) is 32.7 Å². The van der Waals surface area contributed by atoms with Crippen LogP contribution in [0.3, 0.4) is 0 Å². The van der Waals surface area contributed by atoms with Gasteiger partial charge in [-0.3, -0.25) is 0 Å². The molecule has 5 heteroatoms. The number of ether oxygens (including phenoxy) is 2. The van der Waals surface area contributed by atoms with Crippen LogP contribution in [0.2, 0.25) is 0 Å². The third kappa shape index (κ3) is 3.88. The first-order valence-electron chi connectivity index (χ1n) is 7.78. The zero-order valence-corrected chi connectivity index (χ0v) is 15.0. The molecule has 0 spiro atoms. The van der Waals surface area contributed by atoms with E-state index in [1.54, 1.807) is 7.11 Å². The maximum Gasteiger partial charge on any atom is 0.0675 e. The van der Waals surface area contributed by atoms with E-state index in [4.69, 9.17) is 9.47 Å². The van der Waals surface area contributed by atoms with Gasteiger partial charge in [-0.15, -0.1) is 11.3 Å². The highest BCUT2D eigenvalue weighted by Crippen LogP contribution is 2.49. The second kappa shape index (κ2) is 7.09. The fourth-order valence-corrected chi connectivity index (χ4v) is 5.09. The lowest BCUT2D eigenvalue weighted by Crippen LogP contribution is -2.44. The van der Waals surface area contributed by atoms with Gasteiger partial charge in [0.05, 0.1) is 12.7 Å². The number of methoxy groups -OCH3 is 1. The van der Waals surface area contributed by atoms with Crippen LogP contribution in [0.4, 0.5) is 0 Å². The van der Waals surface area contributed by atoms with E-state index >= 15 is 0 Å². The summed E-state index contributed by atoms with van der Waals surface area (Å²) in [4.78, 5) is 1.46. The summed E-state index contributed by atoms with van der Waals surface area (Å²) in [5, 5.41) is 5.78. The molecule has 1 N–H and O–H groups in total. The molecule has 0 amide bonds. The van der Waals surface area contributed by atoms with Gasteiger partial charge in [0.2, 0.25) is 0 Å². The Morgan fingerprint density at radius 2 is 2.38 bits per heavy atom. The zero-order chi connectivity index (χ0) is 14.7. The van der Waals surface area contributed by atoms with Crippen LogP contribution < -0.4 is 5.32 Å². The monoisotopic (exact) mass is 373 g/mol. The lowest BCUT2D eigenvalue weighted by Gasteiger charge is -2.34. The molecule has 3 rings (SSSR count). The predicted molar refractivity (Wildman–Crippen MR) is 90.0 cm³/mol. The minimum Gasteiger partial charge on any atom is -0.383 e. The van der Waals surface area contributed by atoms with Gasteiger partial charge < -0.3 is 14.8 Å². The average Bonchev–Trinajstić information content (AvgIpc) is 3.11. The van der Waals surface area contributed by atoms with Crippen LogP contribution in [0, 0.1) is 11.3 Å². The van der Waals surface area contributed by atoms with Gasteiger partial charge in [0, 0.05) is 47.0 Å². The Labute approximate surface area is 139 Å². The molecule has 2 heterocycles. The number of halogens is 1. The molecule has 118 valence electrons. The first kappa shape index (κ1) is 15.9. The first-order chi connectivity index (χ1) is 10.2. The van der Waals surface area contributed by atoms with Crippen LogP contribution in [0.1, 0.15) is 24.1 Å². The zero-order valence-electron chi connectivity index (χ0n) is 12.6. The maximum atomic E-state index is 6.15. The summed E-state index contributed by atoms with van der Waals surface area (Å²) in [7, 11) is 1.76. The Morgan fingerprint density at radius 3 is 3.05 bits per heavy atom. The molecule has 1 aromatic rings. The fourth-order valence-electron chi connectivity index (χ4n) is 3.49. The van der Waals surface area contributed by atoms with Crippen LogP contribution >= 0.6 is 27.3 Å². The smallest absolute Gasteiger partial charge is 0.0675 e. The van der Waals surface area contributed by atoms with Crippen LogP contribution in [-0.4, -0.2) is 39.5 Å². The van der Waals surface area contributed by atoms with E-state index in [9.17, 15) is 0 Å². The Balaban J connectivity index is 1.70. The fraction of sp³-hybridized carbons (Fsp3) is 0.750. The minimum absolute atomic E-state index is 0.263. The van der Waals surface area contributed by atoms with Crippen molar-refractivity contribution in [2.24, 2.45) is 11.3 Å². The van der Waals surface area contributed by atoms with Crippen molar-refractivity contribution in [3.8, 4) is 0 Å². The molecular formula is C16H24BrNO2S. The van der Waals surface area contributed by atoms with Crippen molar-refractivity contribution in [1.29, 1.82) is 0 Å². The number of rotatable bonds is 8. The molecule has 1 saturated heterocycles. The van der Waals surface area contributed by atoms with Crippen molar-refractivity contribution < 1.29 is 9.47 Å². The van der Waals surface area contributed by atoms with Crippen molar-refractivity contribution in [2.75, 3.05) is 33.4 Å².